The fraction of sp³-hybridized carbons (Fsp3) is 0.412. The molecule has 8 heteroatoms. The molecule has 1 aromatic heterocycles. The minimum atomic E-state index is -0.546. The molecule has 0 aliphatic carbocycles. The molecule has 0 aliphatic heterocycles. The molecule has 25 heavy (non-hydrogen) atoms. The molecule has 1 heterocycles. The van der Waals surface area contributed by atoms with Gasteiger partial charge in [-0.1, -0.05) is 18.2 Å². The van der Waals surface area contributed by atoms with Gasteiger partial charge in [0.25, 0.3) is 0 Å². The van der Waals surface area contributed by atoms with Crippen LogP contribution in [0.1, 0.15) is 20.8 Å². The van der Waals surface area contributed by atoms with Crippen LogP contribution in [0.2, 0.25) is 0 Å². The van der Waals surface area contributed by atoms with Gasteiger partial charge in [0.05, 0.1) is 35.7 Å². The van der Waals surface area contributed by atoms with E-state index >= 15 is 0 Å². The zero-order valence-electron chi connectivity index (χ0n) is 14.7. The molecule has 136 valence electrons. The molecule has 4 N–H and O–H groups in total. The Morgan fingerprint density at radius 3 is 2.76 bits per heavy atom. The average molecular weight is 364 g/mol. The number of benzene rings is 1. The van der Waals surface area contributed by atoms with Gasteiger partial charge in [-0.05, 0) is 26.8 Å². The van der Waals surface area contributed by atoms with Crippen molar-refractivity contribution in [3.05, 3.63) is 30.5 Å². The van der Waals surface area contributed by atoms with Crippen molar-refractivity contribution in [2.45, 2.75) is 32.4 Å². The van der Waals surface area contributed by atoms with Gasteiger partial charge in [0, 0.05) is 21.4 Å². The number of carbonyl (C=O) groups excluding carboxylic acids is 1. The monoisotopic (exact) mass is 364 g/mol. The van der Waals surface area contributed by atoms with Crippen LogP contribution in [0.3, 0.4) is 0 Å². The van der Waals surface area contributed by atoms with Gasteiger partial charge in [-0.3, -0.25) is 4.98 Å². The number of fused-ring (bicyclic) bond motifs is 1. The number of nitrogens with one attached hydrogen (secondary N) is 2. The number of nitrogens with two attached hydrogens (primary N) is 1. The molecule has 0 saturated carbocycles. The van der Waals surface area contributed by atoms with Crippen molar-refractivity contribution >= 4 is 37.8 Å². The number of hydrogen-bond donors (Lipinski definition) is 3. The van der Waals surface area contributed by atoms with Crippen molar-refractivity contribution in [3.8, 4) is 0 Å². The third kappa shape index (κ3) is 5.73. The summed E-state index contributed by atoms with van der Waals surface area (Å²) in [5, 5.41) is 6.99. The summed E-state index contributed by atoms with van der Waals surface area (Å²) in [6.07, 6.45) is 1.14. The Morgan fingerprint density at radius 1 is 1.36 bits per heavy atom. The molecular weight excluding hydrogens is 339 g/mol. The highest BCUT2D eigenvalue weighted by Crippen LogP contribution is 2.28. The fourth-order valence-corrected chi connectivity index (χ4v) is 2.54. The number of ether oxygens (including phenoxy) is 1. The molecule has 0 bridgehead atoms. The smallest absolute Gasteiger partial charge is 0.407 e. The van der Waals surface area contributed by atoms with Gasteiger partial charge in [-0.2, -0.15) is 0 Å². The predicted octanol–water partition coefficient (Wildman–Crippen LogP) is 2.93. The lowest BCUT2D eigenvalue weighted by atomic mass is 10.1. The first kappa shape index (κ1) is 19.2. The number of alkyl carbamates (subject to hydrolysis) is 1. The lowest BCUT2D eigenvalue weighted by molar-refractivity contribution is 0.0524. The van der Waals surface area contributed by atoms with E-state index in [9.17, 15) is 4.79 Å². The molecule has 0 spiro atoms. The Hall–Kier alpha value is -2.11. The number of nitrogen functional groups attached to an aromatic ring is 1. The molecule has 0 saturated heterocycles. The summed E-state index contributed by atoms with van der Waals surface area (Å²) >= 11 is 0. The molecule has 2 atom stereocenters. The number of anilines is 2. The van der Waals surface area contributed by atoms with Gasteiger partial charge in [0.1, 0.15) is 5.60 Å². The van der Waals surface area contributed by atoms with Crippen molar-refractivity contribution < 1.29 is 14.1 Å². The molecule has 1 aromatic carbocycles. The van der Waals surface area contributed by atoms with Gasteiger partial charge in [0.2, 0.25) is 0 Å². The number of hydrogen-bond acceptors (Lipinski definition) is 6. The summed E-state index contributed by atoms with van der Waals surface area (Å²) in [5.41, 5.74) is 7.68. The number of amides is 1. The Bertz CT molecular complexity index is 733. The van der Waals surface area contributed by atoms with Gasteiger partial charge in [0.15, 0.2) is 0 Å². The van der Waals surface area contributed by atoms with E-state index in [0.717, 1.165) is 16.6 Å². The van der Waals surface area contributed by atoms with E-state index in [1.54, 1.807) is 6.20 Å². The predicted molar refractivity (Wildman–Crippen MR) is 103 cm³/mol. The second-order valence-electron chi connectivity index (χ2n) is 6.66. The van der Waals surface area contributed by atoms with Crippen molar-refractivity contribution in [2.75, 3.05) is 24.2 Å². The number of nitrogens with zero attached hydrogens (tertiary/aromatic N) is 1. The maximum atomic E-state index is 11.9. The van der Waals surface area contributed by atoms with E-state index < -0.39 is 11.7 Å². The fourth-order valence-electron chi connectivity index (χ4n) is 2.31. The Morgan fingerprint density at radius 2 is 2.08 bits per heavy atom. The summed E-state index contributed by atoms with van der Waals surface area (Å²) in [5.74, 6) is 0. The molecule has 1 unspecified atom stereocenters. The van der Waals surface area contributed by atoms with Crippen LogP contribution in [-0.4, -0.2) is 35.9 Å². The second kappa shape index (κ2) is 8.32. The molecular formula is C17H25N4O3P. The highest BCUT2D eigenvalue weighted by atomic mass is 31.0. The quantitative estimate of drug-likeness (QED) is 0.682. The Kier molecular flexibility index (Phi) is 6.39. The summed E-state index contributed by atoms with van der Waals surface area (Å²) in [4.78, 5) is 16.2. The first-order valence-corrected chi connectivity index (χ1v) is 8.45. The summed E-state index contributed by atoms with van der Waals surface area (Å²) in [6, 6.07) is 7.51. The van der Waals surface area contributed by atoms with Crippen LogP contribution in [-0.2, 0) is 9.26 Å². The molecule has 1 amide bonds. The van der Waals surface area contributed by atoms with Crippen LogP contribution >= 0.6 is 9.47 Å². The van der Waals surface area contributed by atoms with Crippen LogP contribution in [0, 0.1) is 0 Å². The number of carbonyl (C=O) groups is 1. The molecule has 7 nitrogen and oxygen atoms in total. The zero-order valence-corrected chi connectivity index (χ0v) is 15.9. The highest BCUT2D eigenvalue weighted by Gasteiger charge is 2.18. The Balaban J connectivity index is 2.11. The van der Waals surface area contributed by atoms with Crippen LogP contribution in [0.5, 0.6) is 0 Å². The lowest BCUT2D eigenvalue weighted by Gasteiger charge is -2.23. The Labute approximate surface area is 149 Å². The molecule has 0 aliphatic rings. The third-order valence-corrected chi connectivity index (χ3v) is 3.53. The summed E-state index contributed by atoms with van der Waals surface area (Å²) in [6.45, 7) is 6.13. The van der Waals surface area contributed by atoms with Crippen molar-refractivity contribution in [1.82, 2.24) is 10.3 Å². The first-order valence-electron chi connectivity index (χ1n) is 7.98. The number of rotatable bonds is 6. The van der Waals surface area contributed by atoms with Crippen molar-refractivity contribution in [3.63, 3.8) is 0 Å². The van der Waals surface area contributed by atoms with Crippen LogP contribution in [0.15, 0.2) is 30.5 Å². The van der Waals surface area contributed by atoms with Gasteiger partial charge < -0.3 is 25.6 Å². The zero-order chi connectivity index (χ0) is 18.4. The number of pyridine rings is 1. The standard InChI is InChI=1S/C17H25N4O3P/c1-17(2,3)24-16(22)20-8-11(10-23-25)21-15-12-6-4-5-7-14(12)19-9-13(15)18/h4-7,9,11H,8,10,18,25H2,1-3H3,(H,19,21)(H,20,22)/t11-/m0/s1. The third-order valence-electron chi connectivity index (χ3n) is 3.34. The maximum absolute atomic E-state index is 11.9. The molecule has 0 radical (unpaired) electrons. The SMILES string of the molecule is CC(C)(C)OC(=O)NC[C@@H](COP)Nc1c(N)cnc2ccccc12. The normalized spacial score (nSPS) is 12.6. The first-order chi connectivity index (χ1) is 11.8. The largest absolute Gasteiger partial charge is 0.444 e. The average Bonchev–Trinajstić information content (AvgIpc) is 2.53. The van der Waals surface area contributed by atoms with Gasteiger partial charge >= 0.3 is 6.09 Å². The minimum Gasteiger partial charge on any atom is -0.444 e. The van der Waals surface area contributed by atoms with Crippen LogP contribution in [0.4, 0.5) is 16.2 Å². The molecule has 2 rings (SSSR count). The van der Waals surface area contributed by atoms with Gasteiger partial charge in [-0.15, -0.1) is 0 Å². The summed E-state index contributed by atoms with van der Waals surface area (Å²) < 4.78 is 10.4. The number of aromatic nitrogens is 1. The summed E-state index contributed by atoms with van der Waals surface area (Å²) in [7, 11) is 2.21. The minimum absolute atomic E-state index is 0.196. The lowest BCUT2D eigenvalue weighted by Crippen LogP contribution is -2.41. The van der Waals surface area contributed by atoms with Crippen LogP contribution < -0.4 is 16.4 Å². The van der Waals surface area contributed by atoms with Crippen molar-refractivity contribution in [2.24, 2.45) is 0 Å². The van der Waals surface area contributed by atoms with E-state index in [0.29, 0.717) is 18.8 Å². The second-order valence-corrected chi connectivity index (χ2v) is 7.00. The van der Waals surface area contributed by atoms with E-state index in [4.69, 9.17) is 15.0 Å². The van der Waals surface area contributed by atoms with Gasteiger partial charge in [-0.25, -0.2) is 4.79 Å². The van der Waals surface area contributed by atoms with Crippen LogP contribution in [0.25, 0.3) is 10.9 Å². The highest BCUT2D eigenvalue weighted by molar-refractivity contribution is 7.09. The number of para-hydroxylation sites is 1. The van der Waals surface area contributed by atoms with Crippen molar-refractivity contribution in [1.29, 1.82) is 0 Å². The maximum Gasteiger partial charge on any atom is 0.407 e. The topological polar surface area (TPSA) is 98.5 Å². The van der Waals surface area contributed by atoms with E-state index in [-0.39, 0.29) is 6.04 Å². The van der Waals surface area contributed by atoms with E-state index in [2.05, 4.69) is 25.1 Å². The van der Waals surface area contributed by atoms with E-state index in [1.807, 2.05) is 45.0 Å². The van der Waals surface area contributed by atoms with E-state index in [1.165, 1.54) is 0 Å². The molecule has 0 fully saturated rings. The molecule has 2 aromatic rings.